The summed E-state index contributed by atoms with van der Waals surface area (Å²) in [6.45, 7) is 1.80. The molecule has 0 aromatic heterocycles. The Hall–Kier alpha value is -2.40. The molecule has 0 aliphatic heterocycles. The number of halogens is 1. The van der Waals surface area contributed by atoms with Crippen LogP contribution >= 0.6 is 0 Å². The monoisotopic (exact) mass is 273 g/mol. The number of hydrazine groups is 1. The van der Waals surface area contributed by atoms with E-state index in [1.807, 2.05) is 0 Å². The Kier molecular flexibility index (Phi) is 4.32. The number of nitrogen functional groups attached to an aromatic ring is 1. The predicted molar refractivity (Wildman–Crippen MR) is 76.5 cm³/mol. The van der Waals surface area contributed by atoms with Gasteiger partial charge in [0.25, 0.3) is 5.91 Å². The van der Waals surface area contributed by atoms with Gasteiger partial charge in [0.05, 0.1) is 17.3 Å². The van der Waals surface area contributed by atoms with E-state index in [0.29, 0.717) is 16.8 Å². The first-order chi connectivity index (χ1) is 9.61. The molecule has 1 atom stereocenters. The number of hydrogen-bond acceptors (Lipinski definition) is 3. The second kappa shape index (κ2) is 6.16. The highest BCUT2D eigenvalue weighted by atomic mass is 19.1. The molecule has 2 aromatic rings. The van der Waals surface area contributed by atoms with Crippen molar-refractivity contribution in [1.29, 1.82) is 0 Å². The molecule has 4 nitrogen and oxygen atoms in total. The van der Waals surface area contributed by atoms with Crippen molar-refractivity contribution < 1.29 is 9.18 Å². The number of para-hydroxylation sites is 1. The summed E-state index contributed by atoms with van der Waals surface area (Å²) in [5.41, 5.74) is 4.16. The molecule has 1 amide bonds. The van der Waals surface area contributed by atoms with Gasteiger partial charge in [0.1, 0.15) is 5.82 Å². The average Bonchev–Trinajstić information content (AvgIpc) is 2.47. The summed E-state index contributed by atoms with van der Waals surface area (Å²) < 4.78 is 13.2. The number of nitrogens with two attached hydrogens (primary N) is 1. The fraction of sp³-hybridized carbons (Fsp3) is 0.133. The molecule has 0 radical (unpaired) electrons. The molecule has 0 saturated carbocycles. The van der Waals surface area contributed by atoms with Crippen LogP contribution in [0.1, 0.15) is 28.9 Å². The average molecular weight is 273 g/mol. The van der Waals surface area contributed by atoms with E-state index >= 15 is 0 Å². The van der Waals surface area contributed by atoms with Gasteiger partial charge in [-0.3, -0.25) is 10.6 Å². The van der Waals surface area contributed by atoms with Crippen molar-refractivity contribution in [3.63, 3.8) is 0 Å². The summed E-state index contributed by atoms with van der Waals surface area (Å²) in [5, 5.41) is 2.81. The molecule has 20 heavy (non-hydrogen) atoms. The zero-order valence-electron chi connectivity index (χ0n) is 11.1. The first-order valence-electron chi connectivity index (χ1n) is 6.24. The number of hydrogen-bond donors (Lipinski definition) is 3. The van der Waals surface area contributed by atoms with E-state index in [1.54, 1.807) is 43.3 Å². The van der Waals surface area contributed by atoms with Gasteiger partial charge in [0, 0.05) is 0 Å². The number of anilines is 1. The van der Waals surface area contributed by atoms with E-state index in [1.165, 1.54) is 12.1 Å². The summed E-state index contributed by atoms with van der Waals surface area (Å²) in [5.74, 6) is 4.78. The molecule has 0 heterocycles. The third-order valence-electron chi connectivity index (χ3n) is 3.02. The highest BCUT2D eigenvalue weighted by Gasteiger charge is 2.14. The largest absolute Gasteiger partial charge is 0.345 e. The molecule has 0 spiro atoms. The number of carbonyl (C=O) groups excluding carboxylic acids is 1. The summed E-state index contributed by atoms with van der Waals surface area (Å²) in [6, 6.07) is 12.8. The van der Waals surface area contributed by atoms with Crippen LogP contribution < -0.4 is 16.6 Å². The Morgan fingerprint density at radius 3 is 2.65 bits per heavy atom. The minimum absolute atomic E-state index is 0.268. The fourth-order valence-corrected chi connectivity index (χ4v) is 1.94. The molecule has 4 N–H and O–H groups in total. The van der Waals surface area contributed by atoms with Crippen LogP contribution in [0, 0.1) is 5.82 Å². The maximum atomic E-state index is 13.2. The fourth-order valence-electron chi connectivity index (χ4n) is 1.94. The molecule has 0 aliphatic carbocycles. The smallest absolute Gasteiger partial charge is 0.253 e. The Morgan fingerprint density at radius 1 is 1.20 bits per heavy atom. The van der Waals surface area contributed by atoms with Gasteiger partial charge in [-0.25, -0.2) is 4.39 Å². The summed E-state index contributed by atoms with van der Waals surface area (Å²) >= 11 is 0. The lowest BCUT2D eigenvalue weighted by atomic mass is 10.1. The zero-order chi connectivity index (χ0) is 14.5. The molecule has 0 aliphatic rings. The van der Waals surface area contributed by atoms with E-state index < -0.39 is 0 Å². The standard InChI is InChI=1S/C15H16FN3O/c1-10(11-5-4-6-12(16)9-11)18-15(20)13-7-2-3-8-14(13)19-17/h2-10,19H,17H2,1H3,(H,18,20). The Morgan fingerprint density at radius 2 is 1.95 bits per heavy atom. The quantitative estimate of drug-likeness (QED) is 0.592. The molecule has 1 unspecified atom stereocenters. The number of rotatable bonds is 4. The SMILES string of the molecule is CC(NC(=O)c1ccccc1NN)c1cccc(F)c1. The number of amides is 1. The molecule has 5 heteroatoms. The first kappa shape index (κ1) is 14.0. The zero-order valence-corrected chi connectivity index (χ0v) is 11.1. The second-order valence-corrected chi connectivity index (χ2v) is 4.44. The number of nitrogens with one attached hydrogen (secondary N) is 2. The van der Waals surface area contributed by atoms with Crippen LogP contribution in [0.25, 0.3) is 0 Å². The van der Waals surface area contributed by atoms with Crippen LogP contribution in [0.2, 0.25) is 0 Å². The van der Waals surface area contributed by atoms with Crippen LogP contribution in [-0.4, -0.2) is 5.91 Å². The molecule has 104 valence electrons. The van der Waals surface area contributed by atoms with Gasteiger partial charge in [0.15, 0.2) is 0 Å². The van der Waals surface area contributed by atoms with Crippen LogP contribution in [0.5, 0.6) is 0 Å². The third kappa shape index (κ3) is 3.13. The second-order valence-electron chi connectivity index (χ2n) is 4.44. The van der Waals surface area contributed by atoms with E-state index in [9.17, 15) is 9.18 Å². The van der Waals surface area contributed by atoms with Crippen molar-refractivity contribution in [1.82, 2.24) is 5.32 Å². The van der Waals surface area contributed by atoms with Crippen LogP contribution in [-0.2, 0) is 0 Å². The van der Waals surface area contributed by atoms with Crippen LogP contribution in [0.3, 0.4) is 0 Å². The summed E-state index contributed by atoms with van der Waals surface area (Å²) in [6.07, 6.45) is 0. The van der Waals surface area contributed by atoms with Crippen molar-refractivity contribution >= 4 is 11.6 Å². The maximum Gasteiger partial charge on any atom is 0.253 e. The van der Waals surface area contributed by atoms with Gasteiger partial charge >= 0.3 is 0 Å². The Bertz CT molecular complexity index is 616. The van der Waals surface area contributed by atoms with Gasteiger partial charge in [0.2, 0.25) is 0 Å². The third-order valence-corrected chi connectivity index (χ3v) is 3.02. The van der Waals surface area contributed by atoms with Crippen LogP contribution in [0.4, 0.5) is 10.1 Å². The lowest BCUT2D eigenvalue weighted by Crippen LogP contribution is -2.28. The minimum Gasteiger partial charge on any atom is -0.345 e. The number of benzene rings is 2. The van der Waals surface area contributed by atoms with Crippen molar-refractivity contribution in [2.45, 2.75) is 13.0 Å². The van der Waals surface area contributed by atoms with Crippen molar-refractivity contribution in [3.05, 3.63) is 65.5 Å². The Labute approximate surface area is 116 Å². The van der Waals surface area contributed by atoms with Crippen molar-refractivity contribution in [2.75, 3.05) is 5.43 Å². The molecular formula is C15H16FN3O. The summed E-state index contributed by atoms with van der Waals surface area (Å²) in [4.78, 5) is 12.2. The summed E-state index contributed by atoms with van der Waals surface area (Å²) in [7, 11) is 0. The molecule has 2 rings (SSSR count). The van der Waals surface area contributed by atoms with Crippen LogP contribution in [0.15, 0.2) is 48.5 Å². The molecule has 0 fully saturated rings. The van der Waals surface area contributed by atoms with Gasteiger partial charge in [-0.05, 0) is 36.8 Å². The van der Waals surface area contributed by atoms with E-state index in [0.717, 1.165) is 0 Å². The minimum atomic E-state index is -0.326. The normalized spacial score (nSPS) is 11.8. The molecular weight excluding hydrogens is 257 g/mol. The maximum absolute atomic E-state index is 13.2. The van der Waals surface area contributed by atoms with Gasteiger partial charge < -0.3 is 10.7 Å². The van der Waals surface area contributed by atoms with Gasteiger partial charge in [-0.2, -0.15) is 0 Å². The molecule has 2 aromatic carbocycles. The first-order valence-corrected chi connectivity index (χ1v) is 6.24. The lowest BCUT2D eigenvalue weighted by molar-refractivity contribution is 0.0940. The highest BCUT2D eigenvalue weighted by molar-refractivity contribution is 5.99. The topological polar surface area (TPSA) is 67.2 Å². The van der Waals surface area contributed by atoms with E-state index in [-0.39, 0.29) is 17.8 Å². The van der Waals surface area contributed by atoms with E-state index in [2.05, 4.69) is 10.7 Å². The van der Waals surface area contributed by atoms with Crippen molar-refractivity contribution in [2.24, 2.45) is 5.84 Å². The van der Waals surface area contributed by atoms with Gasteiger partial charge in [-0.15, -0.1) is 0 Å². The Balaban J connectivity index is 2.15. The van der Waals surface area contributed by atoms with Gasteiger partial charge in [-0.1, -0.05) is 24.3 Å². The number of carbonyl (C=O) groups is 1. The predicted octanol–water partition coefficient (Wildman–Crippen LogP) is 2.60. The lowest BCUT2D eigenvalue weighted by Gasteiger charge is -2.16. The molecule has 0 bridgehead atoms. The highest BCUT2D eigenvalue weighted by Crippen LogP contribution is 2.17. The van der Waals surface area contributed by atoms with Crippen molar-refractivity contribution in [3.8, 4) is 0 Å². The molecule has 0 saturated heterocycles. The van der Waals surface area contributed by atoms with E-state index in [4.69, 9.17) is 5.84 Å².